The number of Topliss-reactive ketones (excluding diaryl/α,β-unsaturated/α-hetero) is 1. The Bertz CT molecular complexity index is 387. The Morgan fingerprint density at radius 1 is 1.47 bits per heavy atom. The number of ketones is 1. The maximum atomic E-state index is 11.7. The highest BCUT2D eigenvalue weighted by atomic mass is 35.5. The van der Waals surface area contributed by atoms with Crippen LogP contribution in [0.4, 0.5) is 0 Å². The molecule has 0 saturated carbocycles. The summed E-state index contributed by atoms with van der Waals surface area (Å²) in [6.45, 7) is 1.63. The zero-order chi connectivity index (χ0) is 11.4. The Kier molecular flexibility index (Phi) is 3.86. The first-order valence-electron chi connectivity index (χ1n) is 4.57. The number of carboxylic acid groups (broad SMARTS) is 1. The van der Waals surface area contributed by atoms with Gasteiger partial charge in [-0.15, -0.1) is 0 Å². The Hall–Kier alpha value is -1.35. The van der Waals surface area contributed by atoms with Crippen LogP contribution in [0.5, 0.6) is 0 Å². The molecule has 15 heavy (non-hydrogen) atoms. The van der Waals surface area contributed by atoms with E-state index in [1.165, 1.54) is 6.07 Å². The van der Waals surface area contributed by atoms with Gasteiger partial charge in [0.15, 0.2) is 5.78 Å². The van der Waals surface area contributed by atoms with E-state index >= 15 is 0 Å². The van der Waals surface area contributed by atoms with Gasteiger partial charge in [-0.2, -0.15) is 0 Å². The van der Waals surface area contributed by atoms with E-state index in [4.69, 9.17) is 11.6 Å². The molecule has 1 unspecified atom stereocenters. The third-order valence-corrected chi connectivity index (χ3v) is 2.35. The number of halogens is 1. The van der Waals surface area contributed by atoms with Crippen LogP contribution in [-0.4, -0.2) is 11.8 Å². The second-order valence-electron chi connectivity index (χ2n) is 3.15. The molecule has 0 heterocycles. The van der Waals surface area contributed by atoms with Crippen LogP contribution in [0.25, 0.3) is 0 Å². The SMILES string of the molecule is CCC(C(=O)[O-])C(=O)c1cccc(Cl)c1. The van der Waals surface area contributed by atoms with Gasteiger partial charge < -0.3 is 9.90 Å². The van der Waals surface area contributed by atoms with Gasteiger partial charge in [0.1, 0.15) is 0 Å². The van der Waals surface area contributed by atoms with Crippen LogP contribution < -0.4 is 5.11 Å². The summed E-state index contributed by atoms with van der Waals surface area (Å²) in [5.74, 6) is -2.90. The molecular formula is C11H10ClO3-. The zero-order valence-electron chi connectivity index (χ0n) is 8.20. The van der Waals surface area contributed by atoms with Crippen LogP contribution in [0.3, 0.4) is 0 Å². The van der Waals surface area contributed by atoms with E-state index < -0.39 is 17.7 Å². The van der Waals surface area contributed by atoms with Crippen molar-refractivity contribution in [2.45, 2.75) is 13.3 Å². The summed E-state index contributed by atoms with van der Waals surface area (Å²) in [6, 6.07) is 6.23. The van der Waals surface area contributed by atoms with Crippen molar-refractivity contribution in [2.75, 3.05) is 0 Å². The first-order chi connectivity index (χ1) is 7.06. The quantitative estimate of drug-likeness (QED) is 0.573. The maximum Gasteiger partial charge on any atom is 0.171 e. The van der Waals surface area contributed by atoms with Crippen molar-refractivity contribution in [2.24, 2.45) is 5.92 Å². The second kappa shape index (κ2) is 4.94. The lowest BCUT2D eigenvalue weighted by Gasteiger charge is -2.14. The van der Waals surface area contributed by atoms with Gasteiger partial charge in [0, 0.05) is 10.6 Å². The lowest BCUT2D eigenvalue weighted by Crippen LogP contribution is -2.36. The van der Waals surface area contributed by atoms with Gasteiger partial charge in [-0.3, -0.25) is 4.79 Å². The van der Waals surface area contributed by atoms with Gasteiger partial charge in [-0.05, 0) is 18.6 Å². The van der Waals surface area contributed by atoms with Gasteiger partial charge in [0.05, 0.1) is 11.9 Å². The van der Waals surface area contributed by atoms with Crippen molar-refractivity contribution in [1.29, 1.82) is 0 Å². The van der Waals surface area contributed by atoms with E-state index in [0.29, 0.717) is 10.6 Å². The number of hydrogen-bond donors (Lipinski definition) is 0. The highest BCUT2D eigenvalue weighted by molar-refractivity contribution is 6.31. The summed E-state index contributed by atoms with van der Waals surface area (Å²) < 4.78 is 0. The van der Waals surface area contributed by atoms with Gasteiger partial charge >= 0.3 is 0 Å². The fourth-order valence-corrected chi connectivity index (χ4v) is 1.49. The summed E-state index contributed by atoms with van der Waals surface area (Å²) in [4.78, 5) is 22.4. The largest absolute Gasteiger partial charge is 0.549 e. The third kappa shape index (κ3) is 2.80. The molecular weight excluding hydrogens is 216 g/mol. The molecule has 0 aliphatic rings. The molecule has 3 nitrogen and oxygen atoms in total. The highest BCUT2D eigenvalue weighted by Gasteiger charge is 2.19. The van der Waals surface area contributed by atoms with Crippen LogP contribution in [0.15, 0.2) is 24.3 Å². The number of hydrogen-bond acceptors (Lipinski definition) is 3. The average molecular weight is 226 g/mol. The topological polar surface area (TPSA) is 57.2 Å². The standard InChI is InChI=1S/C11H11ClO3/c1-2-9(11(14)15)10(13)7-4-3-5-8(12)6-7/h3-6,9H,2H2,1H3,(H,14,15)/p-1. The molecule has 1 rings (SSSR count). The molecule has 0 aromatic heterocycles. The molecule has 0 amide bonds. The molecule has 1 aromatic carbocycles. The first kappa shape index (κ1) is 11.7. The number of carbonyl (C=O) groups excluding carboxylic acids is 2. The van der Waals surface area contributed by atoms with Crippen LogP contribution in [-0.2, 0) is 4.79 Å². The van der Waals surface area contributed by atoms with Crippen molar-refractivity contribution < 1.29 is 14.7 Å². The number of benzene rings is 1. The first-order valence-corrected chi connectivity index (χ1v) is 4.94. The van der Waals surface area contributed by atoms with Gasteiger partial charge in [-0.25, -0.2) is 0 Å². The van der Waals surface area contributed by atoms with Gasteiger partial charge in [0.2, 0.25) is 0 Å². The van der Waals surface area contributed by atoms with E-state index in [1.807, 2.05) is 0 Å². The predicted molar refractivity (Wildman–Crippen MR) is 54.6 cm³/mol. The van der Waals surface area contributed by atoms with Gasteiger partial charge in [-0.1, -0.05) is 30.7 Å². The fraction of sp³-hybridized carbons (Fsp3) is 0.273. The van der Waals surface area contributed by atoms with Crippen LogP contribution in [0, 0.1) is 5.92 Å². The molecule has 80 valence electrons. The van der Waals surface area contributed by atoms with Gasteiger partial charge in [0.25, 0.3) is 0 Å². The average Bonchev–Trinajstić information content (AvgIpc) is 2.18. The van der Waals surface area contributed by atoms with Crippen LogP contribution in [0.1, 0.15) is 23.7 Å². The van der Waals surface area contributed by atoms with Crippen molar-refractivity contribution in [3.8, 4) is 0 Å². The zero-order valence-corrected chi connectivity index (χ0v) is 8.95. The van der Waals surface area contributed by atoms with Crippen molar-refractivity contribution >= 4 is 23.4 Å². The summed E-state index contributed by atoms with van der Waals surface area (Å²) >= 11 is 5.70. The molecule has 0 spiro atoms. The molecule has 0 fully saturated rings. The van der Waals surface area contributed by atoms with E-state index in [-0.39, 0.29) is 6.42 Å². The number of carboxylic acids is 1. The van der Waals surface area contributed by atoms with Crippen molar-refractivity contribution in [3.05, 3.63) is 34.9 Å². The number of carbonyl (C=O) groups is 2. The van der Waals surface area contributed by atoms with Crippen molar-refractivity contribution in [1.82, 2.24) is 0 Å². The number of aliphatic carboxylic acids is 1. The third-order valence-electron chi connectivity index (χ3n) is 2.12. The summed E-state index contributed by atoms with van der Waals surface area (Å²) in [5.41, 5.74) is 0.304. The molecule has 0 radical (unpaired) electrons. The van der Waals surface area contributed by atoms with Crippen LogP contribution in [0.2, 0.25) is 5.02 Å². The fourth-order valence-electron chi connectivity index (χ4n) is 1.30. The van der Waals surface area contributed by atoms with E-state index in [0.717, 1.165) is 0 Å². The Morgan fingerprint density at radius 3 is 2.60 bits per heavy atom. The van der Waals surface area contributed by atoms with E-state index in [9.17, 15) is 14.7 Å². The minimum Gasteiger partial charge on any atom is -0.549 e. The minimum absolute atomic E-state index is 0.216. The van der Waals surface area contributed by atoms with Crippen molar-refractivity contribution in [3.63, 3.8) is 0 Å². The van der Waals surface area contributed by atoms with E-state index in [1.54, 1.807) is 25.1 Å². The van der Waals surface area contributed by atoms with E-state index in [2.05, 4.69) is 0 Å². The lowest BCUT2D eigenvalue weighted by atomic mass is 9.95. The Labute approximate surface area is 92.7 Å². The lowest BCUT2D eigenvalue weighted by molar-refractivity contribution is -0.309. The molecule has 0 aliphatic carbocycles. The molecule has 0 N–H and O–H groups in total. The summed E-state index contributed by atoms with van der Waals surface area (Å²) in [7, 11) is 0. The number of rotatable bonds is 4. The molecule has 1 aromatic rings. The smallest absolute Gasteiger partial charge is 0.171 e. The normalized spacial score (nSPS) is 12.1. The highest BCUT2D eigenvalue weighted by Crippen LogP contribution is 2.16. The Morgan fingerprint density at radius 2 is 2.13 bits per heavy atom. The molecule has 0 bridgehead atoms. The summed E-state index contributed by atoms with van der Waals surface area (Å²) in [5, 5.41) is 11.1. The maximum absolute atomic E-state index is 11.7. The molecule has 0 saturated heterocycles. The molecule has 4 heteroatoms. The van der Waals surface area contributed by atoms with Crippen LogP contribution >= 0.6 is 11.6 Å². The Balaban J connectivity index is 2.98. The summed E-state index contributed by atoms with van der Waals surface area (Å²) in [6.07, 6.45) is 0.216. The monoisotopic (exact) mass is 225 g/mol. The molecule has 1 atom stereocenters. The minimum atomic E-state index is -1.34. The molecule has 0 aliphatic heterocycles. The second-order valence-corrected chi connectivity index (χ2v) is 3.59. The predicted octanol–water partition coefficient (Wildman–Crippen LogP) is 1.30.